The number of aromatic nitrogens is 1. The number of hydrogen-bond acceptors (Lipinski definition) is 4. The third-order valence-electron chi connectivity index (χ3n) is 5.89. The van der Waals surface area contributed by atoms with Gasteiger partial charge in [0.1, 0.15) is 17.3 Å². The van der Waals surface area contributed by atoms with Crippen LogP contribution in [0, 0.1) is 30.0 Å². The van der Waals surface area contributed by atoms with E-state index in [1.54, 1.807) is 43.5 Å². The first-order valence-electron chi connectivity index (χ1n) is 11.3. The van der Waals surface area contributed by atoms with Gasteiger partial charge in [-0.3, -0.25) is 9.98 Å². The van der Waals surface area contributed by atoms with Crippen molar-refractivity contribution in [3.05, 3.63) is 108 Å². The van der Waals surface area contributed by atoms with Crippen LogP contribution in [0.25, 0.3) is 28.1 Å². The molecule has 5 heteroatoms. The van der Waals surface area contributed by atoms with Crippen LogP contribution in [-0.4, -0.2) is 11.2 Å². The zero-order valence-electron chi connectivity index (χ0n) is 19.4. The smallest absolute Gasteiger partial charge is 0.133 e. The van der Waals surface area contributed by atoms with Crippen LogP contribution in [-0.2, 0) is 0 Å². The summed E-state index contributed by atoms with van der Waals surface area (Å²) < 4.78 is 20.2. The highest BCUT2D eigenvalue weighted by Crippen LogP contribution is 2.38. The number of hydrogen-bond donors (Lipinski definition) is 0. The molecule has 3 aromatic carbocycles. The SMILES string of the molecule is Cc1cc(-c2ncccc2-c2ccc3c(c2)C(Oc2ccc(C#N)cc2)=CC(C)C=N3)ccc1F. The van der Waals surface area contributed by atoms with E-state index in [9.17, 15) is 4.39 Å². The third-order valence-corrected chi connectivity index (χ3v) is 5.89. The molecule has 170 valence electrons. The van der Waals surface area contributed by atoms with Gasteiger partial charge in [0, 0.05) is 35.0 Å². The normalized spacial score (nSPS) is 14.5. The highest BCUT2D eigenvalue weighted by molar-refractivity contribution is 5.87. The first-order chi connectivity index (χ1) is 17.0. The number of rotatable bonds is 4. The number of aryl methyl sites for hydroxylation is 1. The van der Waals surface area contributed by atoms with E-state index in [1.807, 2.05) is 42.6 Å². The summed E-state index contributed by atoms with van der Waals surface area (Å²) in [5.74, 6) is 1.18. The molecule has 2 heterocycles. The number of fused-ring (bicyclic) bond motifs is 1. The largest absolute Gasteiger partial charge is 0.457 e. The molecule has 0 spiro atoms. The van der Waals surface area contributed by atoms with Crippen molar-refractivity contribution >= 4 is 17.7 Å². The molecule has 0 saturated carbocycles. The van der Waals surface area contributed by atoms with Crippen molar-refractivity contribution < 1.29 is 9.13 Å². The van der Waals surface area contributed by atoms with Gasteiger partial charge in [-0.15, -0.1) is 0 Å². The first-order valence-corrected chi connectivity index (χ1v) is 11.3. The maximum atomic E-state index is 13.9. The molecule has 1 aromatic heterocycles. The van der Waals surface area contributed by atoms with Crippen LogP contribution in [0.5, 0.6) is 5.75 Å². The van der Waals surface area contributed by atoms with Gasteiger partial charge in [-0.1, -0.05) is 19.1 Å². The van der Waals surface area contributed by atoms with Crippen LogP contribution in [0.4, 0.5) is 10.1 Å². The molecule has 1 atom stereocenters. The fraction of sp³-hybridized carbons (Fsp3) is 0.100. The number of pyridine rings is 1. The molecule has 0 aliphatic carbocycles. The van der Waals surface area contributed by atoms with Gasteiger partial charge >= 0.3 is 0 Å². The summed E-state index contributed by atoms with van der Waals surface area (Å²) in [7, 11) is 0. The summed E-state index contributed by atoms with van der Waals surface area (Å²) in [5.41, 5.74) is 6.33. The monoisotopic (exact) mass is 459 g/mol. The average molecular weight is 460 g/mol. The van der Waals surface area contributed by atoms with E-state index in [-0.39, 0.29) is 11.7 Å². The Morgan fingerprint density at radius 1 is 0.943 bits per heavy atom. The van der Waals surface area contributed by atoms with Crippen LogP contribution < -0.4 is 4.74 Å². The number of allylic oxidation sites excluding steroid dienone is 1. The maximum absolute atomic E-state index is 13.9. The summed E-state index contributed by atoms with van der Waals surface area (Å²) >= 11 is 0. The van der Waals surface area contributed by atoms with E-state index in [1.165, 1.54) is 6.07 Å². The lowest BCUT2D eigenvalue weighted by Gasteiger charge is -2.15. The van der Waals surface area contributed by atoms with Gasteiger partial charge in [-0.2, -0.15) is 5.26 Å². The lowest BCUT2D eigenvalue weighted by atomic mass is 9.96. The fourth-order valence-corrected chi connectivity index (χ4v) is 4.06. The van der Waals surface area contributed by atoms with Crippen molar-refractivity contribution in [2.75, 3.05) is 0 Å². The van der Waals surface area contributed by atoms with Crippen molar-refractivity contribution in [3.63, 3.8) is 0 Å². The predicted octanol–water partition coefficient (Wildman–Crippen LogP) is 7.51. The van der Waals surface area contributed by atoms with E-state index < -0.39 is 0 Å². The molecule has 0 radical (unpaired) electrons. The Labute approximate surface area is 203 Å². The molecule has 35 heavy (non-hydrogen) atoms. The van der Waals surface area contributed by atoms with E-state index in [0.717, 1.165) is 33.6 Å². The van der Waals surface area contributed by atoms with Gasteiger partial charge in [-0.05, 0) is 84.8 Å². The Morgan fingerprint density at radius 3 is 2.51 bits per heavy atom. The molecule has 1 aliphatic rings. The first kappa shape index (κ1) is 22.2. The summed E-state index contributed by atoms with van der Waals surface area (Å²) in [4.78, 5) is 9.28. The highest BCUT2D eigenvalue weighted by Gasteiger charge is 2.18. The molecule has 0 saturated heterocycles. The van der Waals surface area contributed by atoms with Gasteiger partial charge < -0.3 is 4.74 Å². The number of halogens is 1. The van der Waals surface area contributed by atoms with E-state index in [4.69, 9.17) is 10.00 Å². The minimum atomic E-state index is -0.238. The van der Waals surface area contributed by atoms with E-state index in [0.29, 0.717) is 22.6 Å². The summed E-state index contributed by atoms with van der Waals surface area (Å²) in [5, 5.41) is 9.08. The second-order valence-electron chi connectivity index (χ2n) is 8.50. The quantitative estimate of drug-likeness (QED) is 0.317. The molecule has 0 N–H and O–H groups in total. The lowest BCUT2D eigenvalue weighted by molar-refractivity contribution is 0.512. The van der Waals surface area contributed by atoms with Gasteiger partial charge in [0.15, 0.2) is 0 Å². The minimum absolute atomic E-state index is 0.0791. The van der Waals surface area contributed by atoms with Gasteiger partial charge in [0.05, 0.1) is 23.0 Å². The molecular formula is C30H22FN3O. The molecule has 1 unspecified atom stereocenters. The zero-order chi connectivity index (χ0) is 24.4. The number of benzene rings is 3. The second kappa shape index (κ2) is 9.36. The van der Waals surface area contributed by atoms with E-state index >= 15 is 0 Å². The van der Waals surface area contributed by atoms with Crippen LogP contribution in [0.1, 0.15) is 23.6 Å². The standard InChI is InChI=1S/C30H22FN3O/c1-19-14-29(35-24-9-5-21(17-32)6-10-24)26-16-22(8-12-28(26)34-18-19)25-4-3-13-33-30(25)23-7-11-27(31)20(2)15-23/h3-16,18-19H,1-2H3. The Balaban J connectivity index is 1.59. The molecule has 4 nitrogen and oxygen atoms in total. The molecule has 0 bridgehead atoms. The Kier molecular flexibility index (Phi) is 5.95. The summed E-state index contributed by atoms with van der Waals surface area (Å²) in [6, 6.07) is 24.2. The third kappa shape index (κ3) is 4.60. The van der Waals surface area contributed by atoms with Crippen LogP contribution in [0.3, 0.4) is 0 Å². The number of nitrogens with zero attached hydrogens (tertiary/aromatic N) is 3. The molecule has 4 aromatic rings. The molecule has 0 amide bonds. The van der Waals surface area contributed by atoms with Crippen LogP contribution >= 0.6 is 0 Å². The fourth-order valence-electron chi connectivity index (χ4n) is 4.06. The van der Waals surface area contributed by atoms with Crippen molar-refractivity contribution in [2.24, 2.45) is 10.9 Å². The zero-order valence-corrected chi connectivity index (χ0v) is 19.4. The number of nitriles is 1. The van der Waals surface area contributed by atoms with Crippen molar-refractivity contribution in [1.29, 1.82) is 5.26 Å². The van der Waals surface area contributed by atoms with Gasteiger partial charge in [0.25, 0.3) is 0 Å². The van der Waals surface area contributed by atoms with Crippen molar-refractivity contribution in [1.82, 2.24) is 4.98 Å². The molecular weight excluding hydrogens is 437 g/mol. The van der Waals surface area contributed by atoms with E-state index in [2.05, 4.69) is 29.0 Å². The van der Waals surface area contributed by atoms with Crippen LogP contribution in [0.15, 0.2) is 90.1 Å². The summed E-state index contributed by atoms with van der Waals surface area (Å²) in [6.45, 7) is 3.80. The van der Waals surface area contributed by atoms with Crippen LogP contribution in [0.2, 0.25) is 0 Å². The lowest BCUT2D eigenvalue weighted by Crippen LogP contribution is -1.99. The average Bonchev–Trinajstić information content (AvgIpc) is 3.04. The number of aliphatic imine (C=N–C) groups is 1. The van der Waals surface area contributed by atoms with Gasteiger partial charge in [0.2, 0.25) is 0 Å². The molecule has 1 aliphatic heterocycles. The summed E-state index contributed by atoms with van der Waals surface area (Å²) in [6.07, 6.45) is 5.67. The topological polar surface area (TPSA) is 58.3 Å². The Morgan fingerprint density at radius 2 is 1.74 bits per heavy atom. The highest BCUT2D eigenvalue weighted by atomic mass is 19.1. The second-order valence-corrected chi connectivity index (χ2v) is 8.50. The number of ether oxygens (including phenoxy) is 1. The maximum Gasteiger partial charge on any atom is 0.133 e. The van der Waals surface area contributed by atoms with Gasteiger partial charge in [-0.25, -0.2) is 4.39 Å². The predicted molar refractivity (Wildman–Crippen MR) is 137 cm³/mol. The Hall–Kier alpha value is -4.56. The Bertz CT molecular complexity index is 1510. The minimum Gasteiger partial charge on any atom is -0.457 e. The van der Waals surface area contributed by atoms with Crippen molar-refractivity contribution in [2.45, 2.75) is 13.8 Å². The molecule has 5 rings (SSSR count). The van der Waals surface area contributed by atoms with Crippen molar-refractivity contribution in [3.8, 4) is 34.2 Å². The molecule has 0 fully saturated rings.